The minimum Gasteiger partial charge on any atom is -0.496 e. The predicted octanol–water partition coefficient (Wildman–Crippen LogP) is 2.87. The highest BCUT2D eigenvalue weighted by Crippen LogP contribution is 2.17. The topological polar surface area (TPSA) is 51.5 Å². The zero-order valence-electron chi connectivity index (χ0n) is 9.77. The minimum atomic E-state index is -0.312. The van der Waals surface area contributed by atoms with Crippen LogP contribution in [0.1, 0.15) is 16.1 Å². The molecule has 0 aliphatic carbocycles. The Labute approximate surface area is 110 Å². The van der Waals surface area contributed by atoms with Gasteiger partial charge in [0.05, 0.1) is 7.11 Å². The molecule has 2 rings (SSSR count). The monoisotopic (exact) mass is 265 g/mol. The average molecular weight is 266 g/mol. The third-order valence-corrected chi connectivity index (χ3v) is 2.63. The molecule has 0 fully saturated rings. The van der Waals surface area contributed by atoms with Gasteiger partial charge in [0, 0.05) is 12.1 Å². The fraction of sp³-hybridized carbons (Fsp3) is 0.154. The summed E-state index contributed by atoms with van der Waals surface area (Å²) in [6.07, 6.45) is 0. The van der Waals surface area contributed by atoms with E-state index in [0.29, 0.717) is 6.54 Å². The number of hydrogen-bond donors (Lipinski definition) is 1. The number of furan rings is 1. The Hall–Kier alpha value is -1.94. The van der Waals surface area contributed by atoms with E-state index in [9.17, 15) is 4.79 Å². The van der Waals surface area contributed by atoms with Gasteiger partial charge in [-0.15, -0.1) is 0 Å². The summed E-state index contributed by atoms with van der Waals surface area (Å²) in [5, 5.41) is 2.92. The highest BCUT2D eigenvalue weighted by atomic mass is 35.5. The summed E-state index contributed by atoms with van der Waals surface area (Å²) in [5.41, 5.74) is 0.894. The Morgan fingerprint density at radius 3 is 2.78 bits per heavy atom. The molecule has 0 aliphatic heterocycles. The molecule has 94 valence electrons. The van der Waals surface area contributed by atoms with E-state index in [4.69, 9.17) is 20.8 Å². The first kappa shape index (κ1) is 12.5. The van der Waals surface area contributed by atoms with Crippen molar-refractivity contribution in [2.75, 3.05) is 7.11 Å². The van der Waals surface area contributed by atoms with E-state index < -0.39 is 0 Å². The number of nitrogens with one attached hydrogen (secondary N) is 1. The van der Waals surface area contributed by atoms with Gasteiger partial charge < -0.3 is 14.5 Å². The molecule has 0 radical (unpaired) electrons. The number of ether oxygens (including phenoxy) is 1. The number of rotatable bonds is 4. The van der Waals surface area contributed by atoms with Crippen LogP contribution in [0.5, 0.6) is 5.75 Å². The maximum absolute atomic E-state index is 11.7. The first-order valence-corrected chi connectivity index (χ1v) is 5.74. The number of amides is 1. The Morgan fingerprint density at radius 2 is 2.11 bits per heavy atom. The molecule has 1 aromatic heterocycles. The maximum Gasteiger partial charge on any atom is 0.287 e. The maximum atomic E-state index is 11.7. The number of benzene rings is 1. The van der Waals surface area contributed by atoms with Crippen molar-refractivity contribution in [3.05, 3.63) is 52.9 Å². The number of methoxy groups -OCH3 is 1. The molecule has 1 N–H and O–H groups in total. The van der Waals surface area contributed by atoms with Gasteiger partial charge in [0.1, 0.15) is 5.75 Å². The van der Waals surface area contributed by atoms with Crippen molar-refractivity contribution >= 4 is 17.5 Å². The van der Waals surface area contributed by atoms with E-state index in [2.05, 4.69) is 5.32 Å². The molecule has 18 heavy (non-hydrogen) atoms. The third kappa shape index (κ3) is 2.84. The molecule has 0 aliphatic rings. The van der Waals surface area contributed by atoms with Crippen LogP contribution in [0.15, 0.2) is 40.8 Å². The first-order chi connectivity index (χ1) is 8.70. The van der Waals surface area contributed by atoms with Gasteiger partial charge in [0.15, 0.2) is 11.0 Å². The van der Waals surface area contributed by atoms with Gasteiger partial charge in [-0.05, 0) is 29.8 Å². The standard InChI is InChI=1S/C13H12ClNO3/c1-17-10-5-3-2-4-9(10)8-15-13(16)11-6-7-12(14)18-11/h2-7H,8H2,1H3,(H,15,16). The van der Waals surface area contributed by atoms with Crippen molar-refractivity contribution in [3.63, 3.8) is 0 Å². The second kappa shape index (κ2) is 5.60. The van der Waals surface area contributed by atoms with Crippen molar-refractivity contribution in [2.24, 2.45) is 0 Å². The normalized spacial score (nSPS) is 10.1. The predicted molar refractivity (Wildman–Crippen MR) is 67.9 cm³/mol. The number of hydrogen-bond acceptors (Lipinski definition) is 3. The average Bonchev–Trinajstić information content (AvgIpc) is 2.83. The molecule has 0 saturated heterocycles. The molecule has 5 heteroatoms. The van der Waals surface area contributed by atoms with Crippen LogP contribution in [-0.2, 0) is 6.54 Å². The quantitative estimate of drug-likeness (QED) is 0.925. The van der Waals surface area contributed by atoms with Crippen LogP contribution in [0.25, 0.3) is 0 Å². The van der Waals surface area contributed by atoms with Crippen LogP contribution in [-0.4, -0.2) is 13.0 Å². The Bertz CT molecular complexity index is 551. The molecule has 1 heterocycles. The second-order valence-corrected chi connectivity index (χ2v) is 3.97. The Kier molecular flexibility index (Phi) is 3.89. The van der Waals surface area contributed by atoms with Crippen LogP contribution in [0.3, 0.4) is 0 Å². The summed E-state index contributed by atoms with van der Waals surface area (Å²) in [7, 11) is 1.59. The summed E-state index contributed by atoms with van der Waals surface area (Å²) in [5.74, 6) is 0.609. The molecule has 0 unspecified atom stereocenters. The van der Waals surface area contributed by atoms with Crippen molar-refractivity contribution < 1.29 is 13.9 Å². The van der Waals surface area contributed by atoms with E-state index in [0.717, 1.165) is 11.3 Å². The molecule has 4 nitrogen and oxygen atoms in total. The number of carbonyl (C=O) groups is 1. The fourth-order valence-corrected chi connectivity index (χ4v) is 1.69. The second-order valence-electron chi connectivity index (χ2n) is 3.60. The summed E-state index contributed by atoms with van der Waals surface area (Å²) < 4.78 is 10.2. The van der Waals surface area contributed by atoms with Crippen LogP contribution >= 0.6 is 11.6 Å². The molecule has 0 atom stereocenters. The van der Waals surface area contributed by atoms with Gasteiger partial charge >= 0.3 is 0 Å². The lowest BCUT2D eigenvalue weighted by atomic mass is 10.2. The molecule has 0 bridgehead atoms. The third-order valence-electron chi connectivity index (χ3n) is 2.43. The molecule has 0 saturated carbocycles. The fourth-order valence-electron chi connectivity index (χ4n) is 1.55. The first-order valence-electron chi connectivity index (χ1n) is 5.36. The Balaban J connectivity index is 2.01. The highest BCUT2D eigenvalue weighted by molar-refractivity contribution is 6.29. The molecular weight excluding hydrogens is 254 g/mol. The van der Waals surface area contributed by atoms with Crippen molar-refractivity contribution in [3.8, 4) is 5.75 Å². The van der Waals surface area contributed by atoms with Gasteiger partial charge in [0.25, 0.3) is 5.91 Å². The van der Waals surface area contributed by atoms with Crippen LogP contribution in [0.2, 0.25) is 5.22 Å². The van der Waals surface area contributed by atoms with Gasteiger partial charge in [-0.3, -0.25) is 4.79 Å². The van der Waals surface area contributed by atoms with Gasteiger partial charge in [-0.2, -0.15) is 0 Å². The SMILES string of the molecule is COc1ccccc1CNC(=O)c1ccc(Cl)o1. The van der Waals surface area contributed by atoms with E-state index in [1.54, 1.807) is 7.11 Å². The molecular formula is C13H12ClNO3. The highest BCUT2D eigenvalue weighted by Gasteiger charge is 2.11. The number of para-hydroxylation sites is 1. The van der Waals surface area contributed by atoms with Gasteiger partial charge in [0.2, 0.25) is 0 Å². The largest absolute Gasteiger partial charge is 0.496 e. The van der Waals surface area contributed by atoms with Gasteiger partial charge in [-0.1, -0.05) is 18.2 Å². The van der Waals surface area contributed by atoms with E-state index in [-0.39, 0.29) is 16.9 Å². The van der Waals surface area contributed by atoms with E-state index in [1.165, 1.54) is 12.1 Å². The lowest BCUT2D eigenvalue weighted by Crippen LogP contribution is -2.22. The van der Waals surface area contributed by atoms with Crippen LogP contribution in [0.4, 0.5) is 0 Å². The van der Waals surface area contributed by atoms with Gasteiger partial charge in [-0.25, -0.2) is 0 Å². The van der Waals surface area contributed by atoms with Crippen molar-refractivity contribution in [1.82, 2.24) is 5.32 Å². The molecule has 1 amide bonds. The number of carbonyl (C=O) groups excluding carboxylic acids is 1. The van der Waals surface area contributed by atoms with Crippen molar-refractivity contribution in [1.29, 1.82) is 0 Å². The van der Waals surface area contributed by atoms with Crippen LogP contribution < -0.4 is 10.1 Å². The van der Waals surface area contributed by atoms with E-state index >= 15 is 0 Å². The summed E-state index contributed by atoms with van der Waals surface area (Å²) in [6.45, 7) is 0.362. The molecule has 2 aromatic rings. The number of halogens is 1. The zero-order chi connectivity index (χ0) is 13.0. The Morgan fingerprint density at radius 1 is 1.33 bits per heavy atom. The molecule has 0 spiro atoms. The summed E-state index contributed by atoms with van der Waals surface area (Å²) >= 11 is 5.60. The van der Waals surface area contributed by atoms with Crippen LogP contribution in [0, 0.1) is 0 Å². The van der Waals surface area contributed by atoms with Crippen molar-refractivity contribution in [2.45, 2.75) is 6.54 Å². The zero-order valence-corrected chi connectivity index (χ0v) is 10.5. The summed E-state index contributed by atoms with van der Waals surface area (Å²) in [4.78, 5) is 11.7. The lowest BCUT2D eigenvalue weighted by molar-refractivity contribution is 0.0923. The minimum absolute atomic E-state index is 0.190. The lowest BCUT2D eigenvalue weighted by Gasteiger charge is -2.08. The van der Waals surface area contributed by atoms with E-state index in [1.807, 2.05) is 24.3 Å². The summed E-state index contributed by atoms with van der Waals surface area (Å²) in [6, 6.07) is 10.5. The smallest absolute Gasteiger partial charge is 0.287 e. The molecule has 1 aromatic carbocycles.